The lowest BCUT2D eigenvalue weighted by Gasteiger charge is -2.06. The molecule has 5 nitrogen and oxygen atoms in total. The van der Waals surface area contributed by atoms with Crippen molar-refractivity contribution in [2.45, 2.75) is 19.4 Å². The monoisotopic (exact) mass is 273 g/mol. The highest BCUT2D eigenvalue weighted by Crippen LogP contribution is 2.11. The number of nitrogens with one attached hydrogen (secondary N) is 1. The third kappa shape index (κ3) is 3.65. The van der Waals surface area contributed by atoms with E-state index in [1.165, 1.54) is 5.56 Å². The molecule has 1 aliphatic heterocycles. The molecule has 1 N–H and O–H groups in total. The van der Waals surface area contributed by atoms with Gasteiger partial charge < -0.3 is 14.6 Å². The molecule has 0 radical (unpaired) electrons. The highest BCUT2D eigenvalue weighted by molar-refractivity contribution is 5.18. The summed E-state index contributed by atoms with van der Waals surface area (Å²) in [6.07, 6.45) is 1.84. The second-order valence-corrected chi connectivity index (χ2v) is 5.13. The Balaban J connectivity index is 1.46. The molecule has 1 aromatic heterocycles. The van der Waals surface area contributed by atoms with E-state index in [2.05, 4.69) is 27.6 Å². The average molecular weight is 273 g/mol. The molecule has 0 amide bonds. The number of ether oxygens (including phenoxy) is 1. The van der Waals surface area contributed by atoms with E-state index in [1.54, 1.807) is 0 Å². The Hall–Kier alpha value is -1.72. The van der Waals surface area contributed by atoms with Crippen LogP contribution >= 0.6 is 0 Å². The third-order valence-corrected chi connectivity index (χ3v) is 3.45. The van der Waals surface area contributed by atoms with Gasteiger partial charge in [0, 0.05) is 19.6 Å². The van der Waals surface area contributed by atoms with Crippen LogP contribution < -0.4 is 5.32 Å². The smallest absolute Gasteiger partial charge is 0.240 e. The van der Waals surface area contributed by atoms with Gasteiger partial charge in [0.15, 0.2) is 5.82 Å². The molecule has 2 aromatic rings. The van der Waals surface area contributed by atoms with Gasteiger partial charge in [-0.25, -0.2) is 0 Å². The zero-order chi connectivity index (χ0) is 13.6. The largest absolute Gasteiger partial charge is 0.381 e. The molecule has 1 aliphatic rings. The van der Waals surface area contributed by atoms with Crippen molar-refractivity contribution in [1.82, 2.24) is 15.5 Å². The van der Waals surface area contributed by atoms with E-state index in [0.717, 1.165) is 32.0 Å². The Morgan fingerprint density at radius 3 is 2.95 bits per heavy atom. The number of aromatic nitrogens is 2. The minimum Gasteiger partial charge on any atom is -0.381 e. The first-order valence-corrected chi connectivity index (χ1v) is 7.04. The van der Waals surface area contributed by atoms with Crippen molar-refractivity contribution in [3.05, 3.63) is 47.6 Å². The lowest BCUT2D eigenvalue weighted by atomic mass is 10.1. The van der Waals surface area contributed by atoms with Crippen LogP contribution in [0, 0.1) is 5.92 Å². The van der Waals surface area contributed by atoms with Crippen LogP contribution in [0.2, 0.25) is 0 Å². The second kappa shape index (κ2) is 6.63. The molecule has 0 saturated carbocycles. The van der Waals surface area contributed by atoms with Gasteiger partial charge in [-0.3, -0.25) is 0 Å². The lowest BCUT2D eigenvalue weighted by molar-refractivity contribution is 0.185. The van der Waals surface area contributed by atoms with E-state index in [9.17, 15) is 0 Å². The highest BCUT2D eigenvalue weighted by Gasteiger charge is 2.15. The van der Waals surface area contributed by atoms with Gasteiger partial charge >= 0.3 is 0 Å². The van der Waals surface area contributed by atoms with Gasteiger partial charge in [-0.05, 0) is 17.9 Å². The molecule has 1 fully saturated rings. The van der Waals surface area contributed by atoms with Gasteiger partial charge in [0.25, 0.3) is 0 Å². The quantitative estimate of drug-likeness (QED) is 0.869. The van der Waals surface area contributed by atoms with Crippen LogP contribution in [-0.4, -0.2) is 29.9 Å². The summed E-state index contributed by atoms with van der Waals surface area (Å²) in [7, 11) is 0. The molecule has 5 heteroatoms. The number of benzene rings is 1. The molecule has 0 aliphatic carbocycles. The van der Waals surface area contributed by atoms with Gasteiger partial charge in [0.1, 0.15) is 0 Å². The minimum atomic E-state index is 0.613. The van der Waals surface area contributed by atoms with Crippen LogP contribution in [0.4, 0.5) is 0 Å². The Morgan fingerprint density at radius 1 is 1.25 bits per heavy atom. The van der Waals surface area contributed by atoms with Crippen LogP contribution in [0.3, 0.4) is 0 Å². The maximum atomic E-state index is 5.34. The summed E-state index contributed by atoms with van der Waals surface area (Å²) >= 11 is 0. The zero-order valence-corrected chi connectivity index (χ0v) is 11.4. The Morgan fingerprint density at radius 2 is 2.15 bits per heavy atom. The molecule has 1 aromatic carbocycles. The van der Waals surface area contributed by atoms with Crippen LogP contribution in [0.15, 0.2) is 34.9 Å². The van der Waals surface area contributed by atoms with Crippen molar-refractivity contribution in [2.24, 2.45) is 5.92 Å². The number of hydrogen-bond acceptors (Lipinski definition) is 5. The fourth-order valence-electron chi connectivity index (χ4n) is 2.34. The van der Waals surface area contributed by atoms with Gasteiger partial charge in [-0.15, -0.1) is 0 Å². The molecule has 2 heterocycles. The van der Waals surface area contributed by atoms with E-state index >= 15 is 0 Å². The third-order valence-electron chi connectivity index (χ3n) is 3.45. The van der Waals surface area contributed by atoms with E-state index < -0.39 is 0 Å². The maximum absolute atomic E-state index is 5.34. The fraction of sp³-hybridized carbons (Fsp3) is 0.467. The Bertz CT molecular complexity index is 521. The summed E-state index contributed by atoms with van der Waals surface area (Å²) in [5, 5.41) is 7.36. The standard InChI is InChI=1S/C15H19N3O2/c1-2-4-12(5-3-1)8-14-17-15(20-18-14)10-16-9-13-6-7-19-11-13/h1-5,13,16H,6-11H2. The Labute approximate surface area is 118 Å². The van der Waals surface area contributed by atoms with Crippen molar-refractivity contribution in [1.29, 1.82) is 0 Å². The van der Waals surface area contributed by atoms with E-state index in [0.29, 0.717) is 24.8 Å². The average Bonchev–Trinajstić information content (AvgIpc) is 3.12. The van der Waals surface area contributed by atoms with Crippen molar-refractivity contribution in [3.63, 3.8) is 0 Å². The van der Waals surface area contributed by atoms with Crippen LogP contribution in [0.5, 0.6) is 0 Å². The topological polar surface area (TPSA) is 60.2 Å². The predicted molar refractivity (Wildman–Crippen MR) is 74.2 cm³/mol. The van der Waals surface area contributed by atoms with Gasteiger partial charge in [0.05, 0.1) is 13.2 Å². The SMILES string of the molecule is c1ccc(Cc2noc(CNCC3CCOC3)n2)cc1. The van der Waals surface area contributed by atoms with Crippen LogP contribution in [-0.2, 0) is 17.7 Å². The highest BCUT2D eigenvalue weighted by atomic mass is 16.5. The van der Waals surface area contributed by atoms with Crippen molar-refractivity contribution >= 4 is 0 Å². The molecular formula is C15H19N3O2. The first-order chi connectivity index (χ1) is 9.90. The van der Waals surface area contributed by atoms with Gasteiger partial charge in [0.2, 0.25) is 5.89 Å². The molecule has 1 saturated heterocycles. The molecule has 106 valence electrons. The minimum absolute atomic E-state index is 0.613. The molecule has 0 bridgehead atoms. The molecule has 3 rings (SSSR count). The van der Waals surface area contributed by atoms with Crippen LogP contribution in [0.25, 0.3) is 0 Å². The summed E-state index contributed by atoms with van der Waals surface area (Å²) in [4.78, 5) is 4.40. The lowest BCUT2D eigenvalue weighted by Crippen LogP contribution is -2.22. The normalized spacial score (nSPS) is 18.5. The Kier molecular flexibility index (Phi) is 4.40. The summed E-state index contributed by atoms with van der Waals surface area (Å²) in [5.41, 5.74) is 1.19. The molecule has 1 atom stereocenters. The van der Waals surface area contributed by atoms with E-state index in [4.69, 9.17) is 9.26 Å². The number of hydrogen-bond donors (Lipinski definition) is 1. The van der Waals surface area contributed by atoms with Gasteiger partial charge in [-0.1, -0.05) is 35.5 Å². The van der Waals surface area contributed by atoms with E-state index in [1.807, 2.05) is 18.2 Å². The number of nitrogens with zero attached hydrogens (tertiary/aromatic N) is 2. The maximum Gasteiger partial charge on any atom is 0.240 e. The number of rotatable bonds is 6. The van der Waals surface area contributed by atoms with Gasteiger partial charge in [-0.2, -0.15) is 4.98 Å². The zero-order valence-electron chi connectivity index (χ0n) is 11.4. The predicted octanol–water partition coefficient (Wildman–Crippen LogP) is 1.79. The first kappa shape index (κ1) is 13.3. The van der Waals surface area contributed by atoms with E-state index in [-0.39, 0.29) is 0 Å². The second-order valence-electron chi connectivity index (χ2n) is 5.13. The summed E-state index contributed by atoms with van der Waals surface area (Å²) < 4.78 is 10.6. The first-order valence-electron chi connectivity index (χ1n) is 7.04. The van der Waals surface area contributed by atoms with Crippen molar-refractivity contribution in [2.75, 3.05) is 19.8 Å². The molecule has 20 heavy (non-hydrogen) atoms. The summed E-state index contributed by atoms with van der Waals surface area (Å²) in [5.74, 6) is 1.99. The molecule has 0 spiro atoms. The summed E-state index contributed by atoms with van der Waals surface area (Å²) in [6, 6.07) is 10.2. The summed E-state index contributed by atoms with van der Waals surface area (Å²) in [6.45, 7) is 3.30. The molecule has 1 unspecified atom stereocenters. The van der Waals surface area contributed by atoms with Crippen LogP contribution in [0.1, 0.15) is 23.7 Å². The fourth-order valence-corrected chi connectivity index (χ4v) is 2.34. The van der Waals surface area contributed by atoms with Crippen molar-refractivity contribution in [3.8, 4) is 0 Å². The molecular weight excluding hydrogens is 254 g/mol. The van der Waals surface area contributed by atoms with Crippen molar-refractivity contribution < 1.29 is 9.26 Å².